The topological polar surface area (TPSA) is 96.3 Å². The zero-order chi connectivity index (χ0) is 21.2. The summed E-state index contributed by atoms with van der Waals surface area (Å²) in [6.07, 6.45) is 0. The molecule has 7 heteroatoms. The van der Waals surface area contributed by atoms with Gasteiger partial charge in [-0.2, -0.15) is 0 Å². The summed E-state index contributed by atoms with van der Waals surface area (Å²) in [6.45, 7) is 1.15. The molecule has 0 saturated carbocycles. The van der Waals surface area contributed by atoms with Crippen molar-refractivity contribution in [2.24, 2.45) is 0 Å². The highest BCUT2D eigenvalue weighted by Gasteiger charge is 2.14. The maximum absolute atomic E-state index is 12.3. The Balaban J connectivity index is 1.46. The third-order valence-corrected chi connectivity index (χ3v) is 4.59. The lowest BCUT2D eigenvalue weighted by molar-refractivity contribution is -0.384. The number of nitro benzene ring substituents is 1. The van der Waals surface area contributed by atoms with Crippen LogP contribution in [0.15, 0.2) is 84.9 Å². The summed E-state index contributed by atoms with van der Waals surface area (Å²) >= 11 is 0. The van der Waals surface area contributed by atoms with Gasteiger partial charge in [0.25, 0.3) is 5.69 Å². The molecule has 3 rings (SSSR count). The van der Waals surface area contributed by atoms with Gasteiger partial charge in [-0.25, -0.2) is 0 Å². The fraction of sp³-hybridized carbons (Fsp3) is 0.174. The number of nitrogens with zero attached hydrogens (tertiary/aromatic N) is 1. The minimum atomic E-state index is -0.435. The summed E-state index contributed by atoms with van der Waals surface area (Å²) in [5.74, 6) is -0.0997. The Morgan fingerprint density at radius 1 is 0.833 bits per heavy atom. The second-order valence-corrected chi connectivity index (χ2v) is 6.72. The predicted molar refractivity (Wildman–Crippen MR) is 117 cm³/mol. The zero-order valence-corrected chi connectivity index (χ0v) is 16.5. The lowest BCUT2D eigenvalue weighted by Gasteiger charge is -2.19. The lowest BCUT2D eigenvalue weighted by Crippen LogP contribution is -2.38. The fourth-order valence-corrected chi connectivity index (χ4v) is 3.09. The molecule has 0 radical (unpaired) electrons. The average Bonchev–Trinajstić information content (AvgIpc) is 2.78. The Labute approximate surface area is 175 Å². The van der Waals surface area contributed by atoms with Crippen molar-refractivity contribution < 1.29 is 9.72 Å². The van der Waals surface area contributed by atoms with E-state index in [-0.39, 0.29) is 24.2 Å². The normalized spacial score (nSPS) is 10.6. The first-order valence-corrected chi connectivity index (χ1v) is 9.72. The van der Waals surface area contributed by atoms with Crippen LogP contribution >= 0.6 is 0 Å². The van der Waals surface area contributed by atoms with E-state index >= 15 is 0 Å². The SMILES string of the molecule is O=C(CNC(c1ccccc1)c1ccccc1)NCCNc1ccc([N+](=O)[O-])cc1. The van der Waals surface area contributed by atoms with E-state index in [1.807, 2.05) is 60.7 Å². The van der Waals surface area contributed by atoms with Gasteiger partial charge in [0.1, 0.15) is 0 Å². The number of carbonyl (C=O) groups is 1. The molecular formula is C23H24N4O3. The Kier molecular flexibility index (Phi) is 7.51. The molecule has 0 atom stereocenters. The summed E-state index contributed by atoms with van der Waals surface area (Å²) in [5, 5.41) is 20.0. The summed E-state index contributed by atoms with van der Waals surface area (Å²) < 4.78 is 0. The number of hydrogen-bond acceptors (Lipinski definition) is 5. The first-order chi connectivity index (χ1) is 14.6. The summed E-state index contributed by atoms with van der Waals surface area (Å²) in [6, 6.07) is 26.1. The molecule has 0 spiro atoms. The molecule has 0 heterocycles. The van der Waals surface area contributed by atoms with Crippen molar-refractivity contribution >= 4 is 17.3 Å². The van der Waals surface area contributed by atoms with Crippen molar-refractivity contribution in [1.82, 2.24) is 10.6 Å². The Morgan fingerprint density at radius 2 is 1.40 bits per heavy atom. The maximum Gasteiger partial charge on any atom is 0.269 e. The summed E-state index contributed by atoms with van der Waals surface area (Å²) in [4.78, 5) is 22.5. The lowest BCUT2D eigenvalue weighted by atomic mass is 9.99. The smallest absolute Gasteiger partial charge is 0.269 e. The van der Waals surface area contributed by atoms with Crippen LogP contribution in [0.3, 0.4) is 0 Å². The highest BCUT2D eigenvalue weighted by molar-refractivity contribution is 5.78. The van der Waals surface area contributed by atoms with E-state index in [1.54, 1.807) is 12.1 Å². The van der Waals surface area contributed by atoms with Crippen LogP contribution in [0.5, 0.6) is 0 Å². The molecule has 154 valence electrons. The number of amides is 1. The summed E-state index contributed by atoms with van der Waals surface area (Å²) in [7, 11) is 0. The van der Waals surface area contributed by atoms with Gasteiger partial charge in [0, 0.05) is 30.9 Å². The number of nitrogens with one attached hydrogen (secondary N) is 3. The van der Waals surface area contributed by atoms with Crippen molar-refractivity contribution in [2.45, 2.75) is 6.04 Å². The molecule has 0 aromatic heterocycles. The van der Waals surface area contributed by atoms with E-state index in [9.17, 15) is 14.9 Å². The van der Waals surface area contributed by atoms with E-state index in [0.717, 1.165) is 16.8 Å². The first-order valence-electron chi connectivity index (χ1n) is 9.72. The minimum absolute atomic E-state index is 0.0475. The molecule has 3 aromatic rings. The van der Waals surface area contributed by atoms with E-state index in [1.165, 1.54) is 12.1 Å². The Bertz CT molecular complexity index is 908. The van der Waals surface area contributed by atoms with Gasteiger partial charge in [0.05, 0.1) is 17.5 Å². The van der Waals surface area contributed by atoms with Crippen LogP contribution in [0.2, 0.25) is 0 Å². The van der Waals surface area contributed by atoms with Gasteiger partial charge in [-0.05, 0) is 23.3 Å². The van der Waals surface area contributed by atoms with Crippen molar-refractivity contribution in [3.63, 3.8) is 0 Å². The molecule has 0 aliphatic heterocycles. The molecule has 0 aliphatic carbocycles. The van der Waals surface area contributed by atoms with Crippen molar-refractivity contribution in [3.8, 4) is 0 Å². The highest BCUT2D eigenvalue weighted by Crippen LogP contribution is 2.21. The molecule has 3 aromatic carbocycles. The second kappa shape index (κ2) is 10.7. The van der Waals surface area contributed by atoms with E-state index < -0.39 is 4.92 Å². The maximum atomic E-state index is 12.3. The number of rotatable bonds is 10. The number of hydrogen-bond donors (Lipinski definition) is 3. The van der Waals surface area contributed by atoms with Crippen LogP contribution in [-0.2, 0) is 4.79 Å². The molecule has 0 aliphatic rings. The third kappa shape index (κ3) is 6.15. The molecule has 0 saturated heterocycles. The van der Waals surface area contributed by atoms with Crippen molar-refractivity contribution in [3.05, 3.63) is 106 Å². The zero-order valence-electron chi connectivity index (χ0n) is 16.5. The van der Waals surface area contributed by atoms with Gasteiger partial charge in [0.2, 0.25) is 5.91 Å². The van der Waals surface area contributed by atoms with Crippen LogP contribution in [-0.4, -0.2) is 30.5 Å². The van der Waals surface area contributed by atoms with E-state index in [2.05, 4.69) is 16.0 Å². The van der Waals surface area contributed by atoms with Gasteiger partial charge < -0.3 is 10.6 Å². The van der Waals surface area contributed by atoms with Crippen molar-refractivity contribution in [1.29, 1.82) is 0 Å². The highest BCUT2D eigenvalue weighted by atomic mass is 16.6. The summed E-state index contributed by atoms with van der Waals surface area (Å²) in [5.41, 5.74) is 3.00. The van der Waals surface area contributed by atoms with Gasteiger partial charge in [0.15, 0.2) is 0 Å². The van der Waals surface area contributed by atoms with Gasteiger partial charge in [-0.3, -0.25) is 20.2 Å². The van der Waals surface area contributed by atoms with Crippen LogP contribution < -0.4 is 16.0 Å². The second-order valence-electron chi connectivity index (χ2n) is 6.72. The van der Waals surface area contributed by atoms with Gasteiger partial charge >= 0.3 is 0 Å². The number of non-ortho nitro benzene ring substituents is 1. The molecule has 0 fully saturated rings. The van der Waals surface area contributed by atoms with Crippen molar-refractivity contribution in [2.75, 3.05) is 25.0 Å². The Hall–Kier alpha value is -3.71. The number of anilines is 1. The fourth-order valence-electron chi connectivity index (χ4n) is 3.09. The molecular weight excluding hydrogens is 380 g/mol. The minimum Gasteiger partial charge on any atom is -0.383 e. The van der Waals surface area contributed by atoms with Crippen LogP contribution in [0.25, 0.3) is 0 Å². The quantitative estimate of drug-likeness (QED) is 0.273. The van der Waals surface area contributed by atoms with Gasteiger partial charge in [-0.15, -0.1) is 0 Å². The monoisotopic (exact) mass is 404 g/mol. The first kappa shape index (κ1) is 21.0. The molecule has 0 unspecified atom stereocenters. The van der Waals surface area contributed by atoms with E-state index in [4.69, 9.17) is 0 Å². The van der Waals surface area contributed by atoms with Gasteiger partial charge in [-0.1, -0.05) is 60.7 Å². The largest absolute Gasteiger partial charge is 0.383 e. The molecule has 7 nitrogen and oxygen atoms in total. The standard InChI is InChI=1S/C23H24N4O3/c28-22(25-16-15-24-20-11-13-21(14-12-20)27(29)30)17-26-23(18-7-3-1-4-8-18)19-9-5-2-6-10-19/h1-14,23-24,26H,15-17H2,(H,25,28). The van der Waals surface area contributed by atoms with Crippen LogP contribution in [0.4, 0.5) is 11.4 Å². The number of nitro groups is 1. The van der Waals surface area contributed by atoms with Crippen LogP contribution in [0.1, 0.15) is 17.2 Å². The molecule has 0 bridgehead atoms. The molecule has 30 heavy (non-hydrogen) atoms. The third-order valence-electron chi connectivity index (χ3n) is 4.59. The molecule has 3 N–H and O–H groups in total. The number of benzene rings is 3. The number of carbonyl (C=O) groups excluding carboxylic acids is 1. The van der Waals surface area contributed by atoms with E-state index in [0.29, 0.717) is 13.1 Å². The Morgan fingerprint density at radius 3 is 1.93 bits per heavy atom. The predicted octanol–water partition coefficient (Wildman–Crippen LogP) is 3.50. The average molecular weight is 404 g/mol. The molecule has 1 amide bonds. The van der Waals surface area contributed by atoms with Crippen LogP contribution in [0, 0.1) is 10.1 Å².